The monoisotopic (exact) mass is 146 g/mol. The Morgan fingerprint density at radius 3 is 2.00 bits per heavy atom. The quantitative estimate of drug-likeness (QED) is 0.625. The van der Waals surface area contributed by atoms with Gasteiger partial charge in [-0.2, -0.15) is 0 Å². The third kappa shape index (κ3) is 3.18. The molecule has 0 rings (SSSR count). The molecule has 0 aromatic rings. The molecule has 10 heavy (non-hydrogen) atoms. The van der Waals surface area contributed by atoms with Gasteiger partial charge in [-0.3, -0.25) is 0 Å². The Morgan fingerprint density at radius 1 is 1.20 bits per heavy atom. The fourth-order valence-electron chi connectivity index (χ4n) is 0.880. The van der Waals surface area contributed by atoms with Gasteiger partial charge < -0.3 is 10.2 Å². The predicted molar refractivity (Wildman–Crippen MR) is 41.8 cm³/mol. The predicted octanol–water partition coefficient (Wildman–Crippen LogP) is 1.16. The highest BCUT2D eigenvalue weighted by atomic mass is 16.3. The van der Waals surface area contributed by atoms with Crippen LogP contribution in [0.15, 0.2) is 0 Å². The smallest absolute Gasteiger partial charge is 0.0590 e. The lowest BCUT2D eigenvalue weighted by atomic mass is 9.96. The second-order valence-corrected chi connectivity index (χ2v) is 2.96. The van der Waals surface area contributed by atoms with Crippen molar-refractivity contribution in [1.29, 1.82) is 0 Å². The van der Waals surface area contributed by atoms with Gasteiger partial charge in [-0.15, -0.1) is 0 Å². The first-order chi connectivity index (χ1) is 4.59. The topological polar surface area (TPSA) is 40.5 Å². The van der Waals surface area contributed by atoms with Gasteiger partial charge in [0.05, 0.1) is 12.2 Å². The highest BCUT2D eigenvalue weighted by molar-refractivity contribution is 4.67. The summed E-state index contributed by atoms with van der Waals surface area (Å²) in [6, 6.07) is 0. The van der Waals surface area contributed by atoms with Gasteiger partial charge in [-0.25, -0.2) is 0 Å². The molecule has 0 aromatic heterocycles. The maximum Gasteiger partial charge on any atom is 0.0590 e. The second kappa shape index (κ2) is 4.69. The molecule has 0 radical (unpaired) electrons. The molecule has 0 spiro atoms. The van der Waals surface area contributed by atoms with Crippen LogP contribution in [-0.2, 0) is 0 Å². The van der Waals surface area contributed by atoms with Gasteiger partial charge in [0.1, 0.15) is 0 Å². The molecule has 0 saturated heterocycles. The van der Waals surface area contributed by atoms with Crippen molar-refractivity contribution < 1.29 is 10.2 Å². The van der Waals surface area contributed by atoms with Crippen LogP contribution in [0.1, 0.15) is 33.6 Å². The lowest BCUT2D eigenvalue weighted by Crippen LogP contribution is -2.26. The van der Waals surface area contributed by atoms with Crippen LogP contribution in [0.5, 0.6) is 0 Å². The number of aliphatic hydroxyl groups excluding tert-OH is 2. The second-order valence-electron chi connectivity index (χ2n) is 2.96. The summed E-state index contributed by atoms with van der Waals surface area (Å²) >= 11 is 0. The summed E-state index contributed by atoms with van der Waals surface area (Å²) in [5.41, 5.74) is 0. The van der Waals surface area contributed by atoms with Crippen molar-refractivity contribution in [2.75, 3.05) is 0 Å². The van der Waals surface area contributed by atoms with Crippen LogP contribution in [0.3, 0.4) is 0 Å². The van der Waals surface area contributed by atoms with E-state index in [1.54, 1.807) is 6.92 Å². The number of rotatable bonds is 4. The molecular formula is C8H18O2. The number of aliphatic hydroxyl groups is 2. The maximum atomic E-state index is 9.33. The Labute approximate surface area is 62.9 Å². The summed E-state index contributed by atoms with van der Waals surface area (Å²) in [5.74, 6) is -0.0000463. The molecule has 3 atom stereocenters. The molecule has 0 aromatic carbocycles. The summed E-state index contributed by atoms with van der Waals surface area (Å²) in [4.78, 5) is 0. The first kappa shape index (κ1) is 9.92. The Morgan fingerprint density at radius 2 is 1.70 bits per heavy atom. The summed E-state index contributed by atoms with van der Waals surface area (Å²) < 4.78 is 0. The van der Waals surface area contributed by atoms with Crippen molar-refractivity contribution in [2.24, 2.45) is 5.92 Å². The summed E-state index contributed by atoms with van der Waals surface area (Å²) in [5, 5.41) is 18.4. The van der Waals surface area contributed by atoms with Gasteiger partial charge in [0.25, 0.3) is 0 Å². The normalized spacial score (nSPS) is 20.1. The van der Waals surface area contributed by atoms with E-state index in [0.29, 0.717) is 0 Å². The summed E-state index contributed by atoms with van der Waals surface area (Å²) in [7, 11) is 0. The molecule has 0 fully saturated rings. The fourth-order valence-corrected chi connectivity index (χ4v) is 0.880. The van der Waals surface area contributed by atoms with Crippen molar-refractivity contribution in [3.05, 3.63) is 0 Å². The van der Waals surface area contributed by atoms with Crippen LogP contribution in [0, 0.1) is 5.92 Å². The molecule has 2 nitrogen and oxygen atoms in total. The Bertz CT molecular complexity index is 81.3. The standard InChI is InChI=1S/C8H18O2/c1-4-5-8(10)6(2)7(3)9/h6-10H,4-5H2,1-3H3/t6-,7+,8-/m1/s1. The van der Waals surface area contributed by atoms with Crippen LogP contribution in [-0.4, -0.2) is 22.4 Å². The average molecular weight is 146 g/mol. The zero-order valence-corrected chi connectivity index (χ0v) is 7.04. The van der Waals surface area contributed by atoms with E-state index in [9.17, 15) is 5.11 Å². The minimum Gasteiger partial charge on any atom is -0.393 e. The Balaban J connectivity index is 3.58. The largest absolute Gasteiger partial charge is 0.393 e. The Hall–Kier alpha value is -0.0800. The van der Waals surface area contributed by atoms with Crippen LogP contribution in [0.25, 0.3) is 0 Å². The number of hydrogen-bond donors (Lipinski definition) is 2. The molecule has 0 bridgehead atoms. The summed E-state index contributed by atoms with van der Waals surface area (Å²) in [6.45, 7) is 5.60. The van der Waals surface area contributed by atoms with E-state index in [0.717, 1.165) is 12.8 Å². The van der Waals surface area contributed by atoms with Crippen molar-refractivity contribution in [3.63, 3.8) is 0 Å². The van der Waals surface area contributed by atoms with Gasteiger partial charge in [0.15, 0.2) is 0 Å². The van der Waals surface area contributed by atoms with Crippen LogP contribution < -0.4 is 0 Å². The van der Waals surface area contributed by atoms with Gasteiger partial charge >= 0.3 is 0 Å². The van der Waals surface area contributed by atoms with E-state index in [1.807, 2.05) is 13.8 Å². The molecule has 0 aliphatic rings. The van der Waals surface area contributed by atoms with Crippen molar-refractivity contribution in [3.8, 4) is 0 Å². The third-order valence-corrected chi connectivity index (χ3v) is 1.95. The summed E-state index contributed by atoms with van der Waals surface area (Å²) in [6.07, 6.45) is 1.01. The zero-order valence-electron chi connectivity index (χ0n) is 7.04. The minimum absolute atomic E-state index is 0.0000463. The molecule has 0 aliphatic heterocycles. The van der Waals surface area contributed by atoms with Gasteiger partial charge in [0.2, 0.25) is 0 Å². The lowest BCUT2D eigenvalue weighted by molar-refractivity contribution is 0.0268. The zero-order chi connectivity index (χ0) is 8.15. The molecular weight excluding hydrogens is 128 g/mol. The van der Waals surface area contributed by atoms with Crippen LogP contribution in [0.4, 0.5) is 0 Å². The van der Waals surface area contributed by atoms with Crippen molar-refractivity contribution in [2.45, 2.75) is 45.8 Å². The van der Waals surface area contributed by atoms with E-state index in [4.69, 9.17) is 5.11 Å². The average Bonchev–Trinajstić information content (AvgIpc) is 1.87. The van der Waals surface area contributed by atoms with E-state index in [2.05, 4.69) is 0 Å². The fraction of sp³-hybridized carbons (Fsp3) is 1.00. The van der Waals surface area contributed by atoms with Crippen molar-refractivity contribution >= 4 is 0 Å². The molecule has 2 heteroatoms. The van der Waals surface area contributed by atoms with Gasteiger partial charge in [-0.1, -0.05) is 20.3 Å². The third-order valence-electron chi connectivity index (χ3n) is 1.95. The van der Waals surface area contributed by atoms with Gasteiger partial charge in [0, 0.05) is 5.92 Å². The Kier molecular flexibility index (Phi) is 4.65. The molecule has 0 amide bonds. The first-order valence-corrected chi connectivity index (χ1v) is 3.95. The van der Waals surface area contributed by atoms with Crippen LogP contribution in [0.2, 0.25) is 0 Å². The molecule has 0 aliphatic carbocycles. The van der Waals surface area contributed by atoms with E-state index >= 15 is 0 Å². The van der Waals surface area contributed by atoms with Crippen molar-refractivity contribution in [1.82, 2.24) is 0 Å². The molecule has 0 saturated carbocycles. The van der Waals surface area contributed by atoms with E-state index in [1.165, 1.54) is 0 Å². The molecule has 62 valence electrons. The first-order valence-electron chi connectivity index (χ1n) is 3.95. The van der Waals surface area contributed by atoms with Gasteiger partial charge in [-0.05, 0) is 13.3 Å². The molecule has 0 heterocycles. The maximum absolute atomic E-state index is 9.33. The molecule has 2 N–H and O–H groups in total. The SMILES string of the molecule is CCC[C@@H](O)[C@H](C)[C@H](C)O. The van der Waals surface area contributed by atoms with Crippen LogP contribution >= 0.6 is 0 Å². The highest BCUT2D eigenvalue weighted by Crippen LogP contribution is 2.12. The lowest BCUT2D eigenvalue weighted by Gasteiger charge is -2.20. The molecule has 0 unspecified atom stereocenters. The van der Waals surface area contributed by atoms with E-state index in [-0.39, 0.29) is 12.0 Å². The highest BCUT2D eigenvalue weighted by Gasteiger charge is 2.17. The minimum atomic E-state index is -0.401. The van der Waals surface area contributed by atoms with E-state index < -0.39 is 6.10 Å². The number of hydrogen-bond acceptors (Lipinski definition) is 2.